The molecule has 1 N–H and O–H groups in total. The lowest BCUT2D eigenvalue weighted by atomic mass is 9.96. The van der Waals surface area contributed by atoms with Gasteiger partial charge in [0.1, 0.15) is 0 Å². The molecule has 0 aromatic heterocycles. The number of carbonyl (C=O) groups is 2. The van der Waals surface area contributed by atoms with Gasteiger partial charge in [-0.15, -0.1) is 0 Å². The fraction of sp³-hybridized carbons (Fsp3) is 0.300. The first-order valence-electron chi connectivity index (χ1n) is 8.83. The molecule has 0 atom stereocenters. The predicted octanol–water partition coefficient (Wildman–Crippen LogP) is 3.08. The smallest absolute Gasteiger partial charge is 0.325 e. The number of piperidine rings is 1. The summed E-state index contributed by atoms with van der Waals surface area (Å²) in [6.45, 7) is 1.62. The second-order valence-corrected chi connectivity index (χ2v) is 10.1. The lowest BCUT2D eigenvalue weighted by molar-refractivity contribution is -0.143. The lowest BCUT2D eigenvalue weighted by Gasteiger charge is -2.37. The van der Waals surface area contributed by atoms with E-state index in [1.54, 1.807) is 12.1 Å². The van der Waals surface area contributed by atoms with Crippen LogP contribution in [0.3, 0.4) is 0 Å². The largest absolute Gasteiger partial charge is 0.480 e. The van der Waals surface area contributed by atoms with Crippen LogP contribution in [-0.2, 0) is 19.4 Å². The van der Waals surface area contributed by atoms with Crippen LogP contribution in [0.5, 0.6) is 0 Å². The van der Waals surface area contributed by atoms with E-state index < -0.39 is 20.6 Å². The molecular formula is C20H21NO5S2. The first kappa shape index (κ1) is 20.4. The van der Waals surface area contributed by atoms with Crippen molar-refractivity contribution in [1.29, 1.82) is 0 Å². The summed E-state index contributed by atoms with van der Waals surface area (Å²) >= 11 is 1.50. The van der Waals surface area contributed by atoms with Crippen molar-refractivity contribution in [3.05, 3.63) is 54.6 Å². The topological polar surface area (TPSA) is 91.8 Å². The number of sulfone groups is 1. The van der Waals surface area contributed by atoms with E-state index in [1.165, 1.54) is 35.7 Å². The second-order valence-electron chi connectivity index (χ2n) is 6.70. The third-order valence-corrected chi connectivity index (χ3v) is 8.55. The minimum atomic E-state index is -4.11. The number of hydrogen-bond donors (Lipinski definition) is 1. The Morgan fingerprint density at radius 1 is 0.964 bits per heavy atom. The fourth-order valence-electron chi connectivity index (χ4n) is 3.32. The molecule has 148 valence electrons. The Morgan fingerprint density at radius 2 is 1.50 bits per heavy atom. The number of benzene rings is 2. The summed E-state index contributed by atoms with van der Waals surface area (Å²) in [5.74, 6) is -1.54. The van der Waals surface area contributed by atoms with E-state index >= 15 is 0 Å². The van der Waals surface area contributed by atoms with E-state index in [0.29, 0.717) is 0 Å². The number of nitrogens with zero attached hydrogens (tertiary/aromatic N) is 1. The summed E-state index contributed by atoms with van der Waals surface area (Å²) in [4.78, 5) is 26.9. The zero-order valence-corrected chi connectivity index (χ0v) is 17.0. The molecule has 1 aliphatic heterocycles. The molecule has 0 bridgehead atoms. The first-order valence-corrected chi connectivity index (χ1v) is 11.1. The Labute approximate surface area is 168 Å². The van der Waals surface area contributed by atoms with E-state index in [1.807, 2.05) is 30.3 Å². The van der Waals surface area contributed by atoms with Gasteiger partial charge in [-0.25, -0.2) is 8.42 Å². The van der Waals surface area contributed by atoms with E-state index in [2.05, 4.69) is 0 Å². The number of carboxylic acids is 1. The van der Waals surface area contributed by atoms with Gasteiger partial charge >= 0.3 is 5.97 Å². The lowest BCUT2D eigenvalue weighted by Crippen LogP contribution is -2.55. The summed E-state index contributed by atoms with van der Waals surface area (Å²) in [5.41, 5.74) is 0. The molecule has 0 saturated carbocycles. The Hall–Kier alpha value is -2.32. The molecule has 1 heterocycles. The summed E-state index contributed by atoms with van der Waals surface area (Å²) < 4.78 is 24.5. The Bertz CT molecular complexity index is 963. The maximum absolute atomic E-state index is 13.2. The van der Waals surface area contributed by atoms with Gasteiger partial charge in [0.15, 0.2) is 14.6 Å². The number of hydrogen-bond acceptors (Lipinski definition) is 5. The number of carbonyl (C=O) groups excluding carboxylic acids is 1. The van der Waals surface area contributed by atoms with Crippen LogP contribution in [0.4, 0.5) is 0 Å². The number of carboxylic acid groups (broad SMARTS) is 1. The standard InChI is InChI=1S/C20H21NO5S2/c1-15(22)21-13-11-20(12-14-21,19(23)24)28(25,26)18-9-7-17(8-10-18)27-16-5-3-2-4-6-16/h2-10H,11-14H2,1H3,(H,23,24). The number of rotatable bonds is 5. The van der Waals surface area contributed by atoms with Crippen molar-refractivity contribution >= 4 is 33.5 Å². The molecule has 0 radical (unpaired) electrons. The monoisotopic (exact) mass is 419 g/mol. The van der Waals surface area contributed by atoms with Crippen LogP contribution in [0.2, 0.25) is 0 Å². The minimum absolute atomic E-state index is 0.0106. The van der Waals surface area contributed by atoms with E-state index in [0.717, 1.165) is 9.79 Å². The molecule has 3 rings (SSSR count). The van der Waals surface area contributed by atoms with Gasteiger partial charge in [-0.3, -0.25) is 9.59 Å². The van der Waals surface area contributed by atoms with Crippen LogP contribution in [0, 0.1) is 0 Å². The predicted molar refractivity (Wildman–Crippen MR) is 106 cm³/mol. The molecule has 0 spiro atoms. The van der Waals surface area contributed by atoms with Gasteiger partial charge in [-0.05, 0) is 49.2 Å². The highest BCUT2D eigenvalue weighted by molar-refractivity contribution is 7.99. The van der Waals surface area contributed by atoms with E-state index in [4.69, 9.17) is 0 Å². The molecular weight excluding hydrogens is 398 g/mol. The van der Waals surface area contributed by atoms with Crippen molar-refractivity contribution in [3.8, 4) is 0 Å². The molecule has 0 aliphatic carbocycles. The molecule has 0 unspecified atom stereocenters. The highest BCUT2D eigenvalue weighted by atomic mass is 32.2. The van der Waals surface area contributed by atoms with Crippen LogP contribution in [0.1, 0.15) is 19.8 Å². The van der Waals surface area contributed by atoms with Gasteiger partial charge in [-0.2, -0.15) is 0 Å². The Balaban J connectivity index is 1.86. The summed E-state index contributed by atoms with van der Waals surface area (Å²) in [6.07, 6.45) is -0.241. The molecule has 1 saturated heterocycles. The average Bonchev–Trinajstić information content (AvgIpc) is 2.69. The maximum atomic E-state index is 13.2. The third-order valence-electron chi connectivity index (χ3n) is 5.03. The van der Waals surface area contributed by atoms with Crippen LogP contribution < -0.4 is 0 Å². The molecule has 8 heteroatoms. The van der Waals surface area contributed by atoms with Crippen LogP contribution in [0.25, 0.3) is 0 Å². The summed E-state index contributed by atoms with van der Waals surface area (Å²) in [5, 5.41) is 9.77. The highest BCUT2D eigenvalue weighted by Crippen LogP contribution is 2.37. The SMILES string of the molecule is CC(=O)N1CCC(C(=O)O)(S(=O)(=O)c2ccc(Sc3ccccc3)cc2)CC1. The molecule has 2 aromatic carbocycles. The van der Waals surface area contributed by atoms with Crippen molar-refractivity contribution < 1.29 is 23.1 Å². The van der Waals surface area contributed by atoms with E-state index in [-0.39, 0.29) is 36.7 Å². The van der Waals surface area contributed by atoms with Crippen molar-refractivity contribution in [2.45, 2.75) is 39.2 Å². The molecule has 2 aromatic rings. The average molecular weight is 420 g/mol. The van der Waals surface area contributed by atoms with Gasteiger partial charge in [-0.1, -0.05) is 30.0 Å². The van der Waals surface area contributed by atoms with Crippen molar-refractivity contribution in [2.24, 2.45) is 0 Å². The summed E-state index contributed by atoms with van der Waals surface area (Å²) in [7, 11) is -4.11. The van der Waals surface area contributed by atoms with E-state index in [9.17, 15) is 23.1 Å². The molecule has 6 nitrogen and oxygen atoms in total. The van der Waals surface area contributed by atoms with Crippen molar-refractivity contribution in [2.75, 3.05) is 13.1 Å². The highest BCUT2D eigenvalue weighted by Gasteiger charge is 2.53. The van der Waals surface area contributed by atoms with Gasteiger partial charge in [0.2, 0.25) is 5.91 Å². The van der Waals surface area contributed by atoms with Gasteiger partial charge < -0.3 is 10.0 Å². The summed E-state index contributed by atoms with van der Waals surface area (Å²) in [6, 6.07) is 16.0. The zero-order valence-electron chi connectivity index (χ0n) is 15.4. The minimum Gasteiger partial charge on any atom is -0.480 e. The number of likely N-dealkylation sites (tertiary alicyclic amines) is 1. The maximum Gasteiger partial charge on any atom is 0.325 e. The fourth-order valence-corrected chi connectivity index (χ4v) is 6.05. The van der Waals surface area contributed by atoms with Gasteiger partial charge in [0, 0.05) is 29.8 Å². The molecule has 1 fully saturated rings. The number of amides is 1. The quantitative estimate of drug-likeness (QED) is 0.801. The molecule has 1 aliphatic rings. The van der Waals surface area contributed by atoms with Crippen LogP contribution in [0.15, 0.2) is 69.3 Å². The third kappa shape index (κ3) is 3.79. The first-order chi connectivity index (χ1) is 13.3. The van der Waals surface area contributed by atoms with Crippen LogP contribution >= 0.6 is 11.8 Å². The Kier molecular flexibility index (Phi) is 5.81. The zero-order chi connectivity index (χ0) is 20.4. The van der Waals surface area contributed by atoms with Crippen LogP contribution in [-0.4, -0.2) is 48.1 Å². The molecule has 28 heavy (non-hydrogen) atoms. The second kappa shape index (κ2) is 7.97. The van der Waals surface area contributed by atoms with Crippen molar-refractivity contribution in [3.63, 3.8) is 0 Å². The normalized spacial score (nSPS) is 16.5. The Morgan fingerprint density at radius 3 is 2.00 bits per heavy atom. The van der Waals surface area contributed by atoms with Crippen molar-refractivity contribution in [1.82, 2.24) is 4.90 Å². The number of aliphatic carboxylic acids is 1. The molecule has 1 amide bonds. The van der Waals surface area contributed by atoms with Gasteiger partial charge in [0.05, 0.1) is 4.90 Å². The van der Waals surface area contributed by atoms with Gasteiger partial charge in [0.25, 0.3) is 0 Å².